The van der Waals surface area contributed by atoms with Crippen LogP contribution in [0.2, 0.25) is 0 Å². The zero-order valence-corrected chi connectivity index (χ0v) is 10.1. The molecule has 88 valence electrons. The van der Waals surface area contributed by atoms with Crippen molar-refractivity contribution in [1.82, 2.24) is 0 Å². The van der Waals surface area contributed by atoms with Gasteiger partial charge in [0.05, 0.1) is 0 Å². The summed E-state index contributed by atoms with van der Waals surface area (Å²) in [4.78, 5) is 22.8. The lowest BCUT2D eigenvalue weighted by Crippen LogP contribution is -2.22. The van der Waals surface area contributed by atoms with E-state index in [1.165, 1.54) is 0 Å². The lowest BCUT2D eigenvalue weighted by molar-refractivity contribution is -0.147. The van der Waals surface area contributed by atoms with Gasteiger partial charge in [0.15, 0.2) is 0 Å². The molecule has 17 heavy (non-hydrogen) atoms. The van der Waals surface area contributed by atoms with Crippen LogP contribution in [0.15, 0.2) is 30.3 Å². The maximum atomic E-state index is 11.5. The van der Waals surface area contributed by atoms with Gasteiger partial charge in [-0.05, 0) is 26.7 Å². The summed E-state index contributed by atoms with van der Waals surface area (Å²) in [5, 5.41) is 0. The molecule has 0 unspecified atom stereocenters. The lowest BCUT2D eigenvalue weighted by atomic mass is 10.1. The second-order valence-corrected chi connectivity index (χ2v) is 4.45. The predicted molar refractivity (Wildman–Crippen MR) is 64.4 cm³/mol. The van der Waals surface area contributed by atoms with Crippen LogP contribution in [0, 0.1) is 11.8 Å². The Kier molecular flexibility index (Phi) is 4.06. The highest BCUT2D eigenvalue weighted by Gasteiger charge is 2.14. The molecular weight excluding hydrogens is 216 g/mol. The number of carbonyl (C=O) groups is 2. The molecule has 0 aromatic heterocycles. The first-order chi connectivity index (χ1) is 7.88. The molecule has 0 spiro atoms. The number of rotatable bonds is 1. The molecule has 1 aromatic carbocycles. The van der Waals surface area contributed by atoms with Crippen molar-refractivity contribution in [3.05, 3.63) is 35.9 Å². The second-order valence-electron chi connectivity index (χ2n) is 4.45. The van der Waals surface area contributed by atoms with Crippen molar-refractivity contribution in [1.29, 1.82) is 0 Å². The summed E-state index contributed by atoms with van der Waals surface area (Å²) >= 11 is 0. The van der Waals surface area contributed by atoms with E-state index in [0.717, 1.165) is 0 Å². The summed E-state index contributed by atoms with van der Waals surface area (Å²) in [5.74, 6) is 3.35. The molecule has 0 N–H and O–H groups in total. The zero-order chi connectivity index (χ0) is 12.9. The third-order valence-corrected chi connectivity index (χ3v) is 1.71. The fraction of sp³-hybridized carbons (Fsp3) is 0.286. The van der Waals surface area contributed by atoms with Crippen molar-refractivity contribution in [3.63, 3.8) is 0 Å². The number of benzene rings is 1. The molecular formula is C14H14O3. The second kappa shape index (κ2) is 5.31. The van der Waals surface area contributed by atoms with E-state index in [2.05, 4.69) is 11.8 Å². The van der Waals surface area contributed by atoms with Crippen LogP contribution in [0.1, 0.15) is 31.1 Å². The molecule has 0 aliphatic heterocycles. The first-order valence-electron chi connectivity index (χ1n) is 5.23. The highest BCUT2D eigenvalue weighted by atomic mass is 16.6. The number of ketones is 1. The number of hydrogen-bond acceptors (Lipinski definition) is 3. The molecule has 1 aromatic rings. The number of esters is 1. The minimum atomic E-state index is -0.693. The Morgan fingerprint density at radius 1 is 1.06 bits per heavy atom. The van der Waals surface area contributed by atoms with Crippen molar-refractivity contribution >= 4 is 11.8 Å². The summed E-state index contributed by atoms with van der Waals surface area (Å²) in [6.45, 7) is 5.22. The molecule has 0 saturated carbocycles. The van der Waals surface area contributed by atoms with E-state index in [-0.39, 0.29) is 0 Å². The van der Waals surface area contributed by atoms with Gasteiger partial charge in [-0.1, -0.05) is 30.3 Å². The van der Waals surface area contributed by atoms with Gasteiger partial charge in [-0.3, -0.25) is 4.79 Å². The topological polar surface area (TPSA) is 43.4 Å². The van der Waals surface area contributed by atoms with Crippen molar-refractivity contribution in [2.75, 3.05) is 0 Å². The summed E-state index contributed by atoms with van der Waals surface area (Å²) in [7, 11) is 0. The molecule has 0 atom stereocenters. The average Bonchev–Trinajstić information content (AvgIpc) is 2.25. The van der Waals surface area contributed by atoms with Crippen molar-refractivity contribution in [2.24, 2.45) is 0 Å². The first kappa shape index (κ1) is 13.0. The molecule has 3 nitrogen and oxygen atoms in total. The Bertz CT molecular complexity index is 470. The molecule has 0 bridgehead atoms. The van der Waals surface area contributed by atoms with Gasteiger partial charge in [0.25, 0.3) is 0 Å². The van der Waals surface area contributed by atoms with E-state index in [0.29, 0.717) is 5.56 Å². The standard InChI is InChI=1S/C14H14O3/c1-14(2,3)17-13(16)10-9-12(15)11-7-5-4-6-8-11/h4-8H,1-3H3. The molecule has 3 heteroatoms. The summed E-state index contributed by atoms with van der Waals surface area (Å²) < 4.78 is 4.96. The maximum absolute atomic E-state index is 11.5. The van der Waals surface area contributed by atoms with Crippen molar-refractivity contribution in [2.45, 2.75) is 26.4 Å². The van der Waals surface area contributed by atoms with Crippen molar-refractivity contribution in [3.8, 4) is 11.8 Å². The largest absolute Gasteiger partial charge is 0.450 e. The minimum Gasteiger partial charge on any atom is -0.450 e. The Balaban J connectivity index is 2.68. The maximum Gasteiger partial charge on any atom is 0.385 e. The summed E-state index contributed by atoms with van der Waals surface area (Å²) in [6, 6.07) is 8.57. The Morgan fingerprint density at radius 2 is 1.65 bits per heavy atom. The van der Waals surface area contributed by atoms with Crippen LogP contribution >= 0.6 is 0 Å². The Hall–Kier alpha value is -2.08. The Morgan fingerprint density at radius 3 is 2.18 bits per heavy atom. The highest BCUT2D eigenvalue weighted by Crippen LogP contribution is 2.06. The average molecular weight is 230 g/mol. The van der Waals surface area contributed by atoms with Gasteiger partial charge in [0.1, 0.15) is 5.60 Å². The quantitative estimate of drug-likeness (QED) is 0.244. The molecule has 0 aliphatic carbocycles. The lowest BCUT2D eigenvalue weighted by Gasteiger charge is -2.16. The Labute approximate surface area is 101 Å². The monoisotopic (exact) mass is 230 g/mol. The first-order valence-corrected chi connectivity index (χ1v) is 5.23. The predicted octanol–water partition coefficient (Wildman–Crippen LogP) is 2.21. The summed E-state index contributed by atoms with van der Waals surface area (Å²) in [6.07, 6.45) is 0. The van der Waals surface area contributed by atoms with Crippen LogP contribution in [0.25, 0.3) is 0 Å². The van der Waals surface area contributed by atoms with Crippen LogP contribution < -0.4 is 0 Å². The number of carbonyl (C=O) groups excluding carboxylic acids is 2. The van der Waals surface area contributed by atoms with Crippen molar-refractivity contribution < 1.29 is 14.3 Å². The molecule has 0 amide bonds. The van der Waals surface area contributed by atoms with E-state index < -0.39 is 17.4 Å². The fourth-order valence-electron chi connectivity index (χ4n) is 1.07. The third-order valence-electron chi connectivity index (χ3n) is 1.71. The van der Waals surface area contributed by atoms with E-state index in [1.807, 2.05) is 0 Å². The van der Waals surface area contributed by atoms with Gasteiger partial charge in [-0.25, -0.2) is 4.79 Å². The van der Waals surface area contributed by atoms with E-state index >= 15 is 0 Å². The van der Waals surface area contributed by atoms with Crippen LogP contribution in [-0.4, -0.2) is 17.4 Å². The molecule has 1 rings (SSSR count). The minimum absolute atomic E-state index is 0.392. The SMILES string of the molecule is CC(C)(C)OC(=O)C#CC(=O)c1ccccc1. The van der Waals surface area contributed by atoms with E-state index in [9.17, 15) is 9.59 Å². The van der Waals surface area contributed by atoms with E-state index in [4.69, 9.17) is 4.74 Å². The molecule has 0 saturated heterocycles. The van der Waals surface area contributed by atoms with Gasteiger partial charge in [-0.2, -0.15) is 0 Å². The molecule has 0 radical (unpaired) electrons. The number of Topliss-reactive ketones (excluding diaryl/α,β-unsaturated/α-hetero) is 1. The molecule has 0 aliphatic rings. The van der Waals surface area contributed by atoms with Crippen LogP contribution in [0.5, 0.6) is 0 Å². The van der Waals surface area contributed by atoms with E-state index in [1.54, 1.807) is 51.1 Å². The number of hydrogen-bond donors (Lipinski definition) is 0. The zero-order valence-electron chi connectivity index (χ0n) is 10.1. The fourth-order valence-corrected chi connectivity index (χ4v) is 1.07. The van der Waals surface area contributed by atoms with Gasteiger partial charge in [0.2, 0.25) is 5.78 Å². The smallest absolute Gasteiger partial charge is 0.385 e. The normalized spacial score (nSPS) is 10.1. The molecule has 0 fully saturated rings. The molecule has 0 heterocycles. The number of ether oxygens (including phenoxy) is 1. The van der Waals surface area contributed by atoms with Gasteiger partial charge < -0.3 is 4.74 Å². The van der Waals surface area contributed by atoms with Gasteiger partial charge in [-0.15, -0.1) is 0 Å². The van der Waals surface area contributed by atoms with Crippen LogP contribution in [0.4, 0.5) is 0 Å². The van der Waals surface area contributed by atoms with Gasteiger partial charge >= 0.3 is 5.97 Å². The van der Waals surface area contributed by atoms with Gasteiger partial charge in [0, 0.05) is 11.5 Å². The van der Waals surface area contributed by atoms with Crippen LogP contribution in [-0.2, 0) is 9.53 Å². The summed E-state index contributed by atoms with van der Waals surface area (Å²) in [5.41, 5.74) is -0.134. The highest BCUT2D eigenvalue weighted by molar-refractivity contribution is 6.11. The third kappa shape index (κ3) is 4.98. The van der Waals surface area contributed by atoms with Crippen LogP contribution in [0.3, 0.4) is 0 Å².